The SMILES string of the molecule is CC1(C)O[C@H]([C@H](CO)CCc2ccccc2)[C@@H]([C@H](CO)CCc2ccccc2)O1. The van der Waals surface area contributed by atoms with E-state index < -0.39 is 5.79 Å². The maximum absolute atomic E-state index is 10.1. The number of ether oxygens (including phenoxy) is 2. The number of benzene rings is 2. The summed E-state index contributed by atoms with van der Waals surface area (Å²) in [4.78, 5) is 0. The van der Waals surface area contributed by atoms with E-state index in [1.807, 2.05) is 50.2 Å². The molecule has 29 heavy (non-hydrogen) atoms. The minimum absolute atomic E-state index is 0.0345. The van der Waals surface area contributed by atoms with E-state index in [1.165, 1.54) is 11.1 Å². The van der Waals surface area contributed by atoms with E-state index in [0.29, 0.717) is 0 Å². The molecule has 1 aliphatic heterocycles. The molecule has 1 heterocycles. The van der Waals surface area contributed by atoms with Gasteiger partial charge in [-0.25, -0.2) is 0 Å². The van der Waals surface area contributed by atoms with E-state index in [9.17, 15) is 10.2 Å². The molecular formula is C25H34O4. The zero-order valence-corrected chi connectivity index (χ0v) is 17.5. The van der Waals surface area contributed by atoms with Crippen molar-refractivity contribution in [1.29, 1.82) is 0 Å². The Morgan fingerprint density at radius 1 is 0.724 bits per heavy atom. The van der Waals surface area contributed by atoms with Crippen molar-refractivity contribution in [2.24, 2.45) is 11.8 Å². The number of hydrogen-bond donors (Lipinski definition) is 2. The van der Waals surface area contributed by atoms with E-state index in [1.54, 1.807) is 0 Å². The Hall–Kier alpha value is -1.72. The highest BCUT2D eigenvalue weighted by Gasteiger charge is 2.47. The van der Waals surface area contributed by atoms with Crippen molar-refractivity contribution in [2.45, 2.75) is 57.5 Å². The predicted octanol–water partition coefficient (Wildman–Crippen LogP) is 3.99. The third-order valence-corrected chi connectivity index (χ3v) is 5.86. The van der Waals surface area contributed by atoms with Crippen molar-refractivity contribution in [3.05, 3.63) is 71.8 Å². The summed E-state index contributed by atoms with van der Waals surface area (Å²) < 4.78 is 12.5. The molecule has 0 radical (unpaired) electrons. The average Bonchev–Trinajstić information content (AvgIpc) is 3.06. The summed E-state index contributed by atoms with van der Waals surface area (Å²) in [6.45, 7) is 3.92. The average molecular weight is 399 g/mol. The lowest BCUT2D eigenvalue weighted by atomic mass is 9.84. The van der Waals surface area contributed by atoms with Gasteiger partial charge >= 0.3 is 0 Å². The van der Waals surface area contributed by atoms with Crippen LogP contribution < -0.4 is 0 Å². The van der Waals surface area contributed by atoms with E-state index in [-0.39, 0.29) is 37.3 Å². The standard InChI is InChI=1S/C25H34O4/c1-25(2)28-23(21(17-26)15-13-19-9-5-3-6-10-19)24(29-25)22(18-27)16-14-20-11-7-4-8-12-20/h3-12,21-24,26-27H,13-18H2,1-2H3/t21-,22-,23+,24+/m0/s1. The van der Waals surface area contributed by atoms with Gasteiger partial charge in [0.1, 0.15) is 0 Å². The predicted molar refractivity (Wildman–Crippen MR) is 115 cm³/mol. The van der Waals surface area contributed by atoms with Crippen molar-refractivity contribution in [2.75, 3.05) is 13.2 Å². The van der Waals surface area contributed by atoms with Crippen LogP contribution in [0.15, 0.2) is 60.7 Å². The fourth-order valence-corrected chi connectivity index (χ4v) is 4.26. The summed E-state index contributed by atoms with van der Waals surface area (Å²) in [5.41, 5.74) is 2.51. The van der Waals surface area contributed by atoms with Gasteiger partial charge in [-0.1, -0.05) is 60.7 Å². The molecule has 4 nitrogen and oxygen atoms in total. The van der Waals surface area contributed by atoms with Crippen LogP contribution in [0.25, 0.3) is 0 Å². The van der Waals surface area contributed by atoms with E-state index in [2.05, 4.69) is 24.3 Å². The van der Waals surface area contributed by atoms with Gasteiger partial charge in [0, 0.05) is 25.0 Å². The Bertz CT molecular complexity index is 655. The van der Waals surface area contributed by atoms with Crippen LogP contribution in [0.4, 0.5) is 0 Å². The summed E-state index contributed by atoms with van der Waals surface area (Å²) in [6.07, 6.45) is 2.94. The number of aliphatic hydroxyl groups excluding tert-OH is 2. The monoisotopic (exact) mass is 398 g/mol. The molecule has 0 amide bonds. The van der Waals surface area contributed by atoms with Gasteiger partial charge in [-0.2, -0.15) is 0 Å². The van der Waals surface area contributed by atoms with E-state index in [4.69, 9.17) is 9.47 Å². The second-order valence-corrected chi connectivity index (χ2v) is 8.50. The van der Waals surface area contributed by atoms with Crippen molar-refractivity contribution in [3.8, 4) is 0 Å². The molecule has 2 aromatic rings. The maximum atomic E-state index is 10.1. The fraction of sp³-hybridized carbons (Fsp3) is 0.520. The Balaban J connectivity index is 1.68. The van der Waals surface area contributed by atoms with E-state index in [0.717, 1.165) is 25.7 Å². The normalized spacial score (nSPS) is 23.0. The van der Waals surface area contributed by atoms with Gasteiger partial charge in [-0.15, -0.1) is 0 Å². The van der Waals surface area contributed by atoms with Crippen molar-refractivity contribution >= 4 is 0 Å². The lowest BCUT2D eigenvalue weighted by Crippen LogP contribution is -2.40. The van der Waals surface area contributed by atoms with Crippen molar-refractivity contribution < 1.29 is 19.7 Å². The summed E-state index contributed by atoms with van der Waals surface area (Å²) in [5.74, 6) is -0.782. The van der Waals surface area contributed by atoms with Crippen LogP contribution in [0.5, 0.6) is 0 Å². The quantitative estimate of drug-likeness (QED) is 0.635. The molecule has 0 saturated carbocycles. The maximum Gasteiger partial charge on any atom is 0.163 e. The molecular weight excluding hydrogens is 364 g/mol. The highest BCUT2D eigenvalue weighted by atomic mass is 16.8. The van der Waals surface area contributed by atoms with Crippen LogP contribution in [0.3, 0.4) is 0 Å². The lowest BCUT2D eigenvalue weighted by molar-refractivity contribution is -0.156. The zero-order chi connectivity index (χ0) is 20.7. The largest absolute Gasteiger partial charge is 0.396 e. The molecule has 0 bridgehead atoms. The first-order valence-electron chi connectivity index (χ1n) is 10.7. The van der Waals surface area contributed by atoms with Crippen LogP contribution in [-0.4, -0.2) is 41.4 Å². The first-order chi connectivity index (χ1) is 14.0. The second kappa shape index (κ2) is 10.4. The summed E-state index contributed by atoms with van der Waals surface area (Å²) in [7, 11) is 0. The molecule has 0 aliphatic carbocycles. The highest BCUT2D eigenvalue weighted by molar-refractivity contribution is 5.15. The van der Waals surface area contributed by atoms with Gasteiger partial charge in [-0.3, -0.25) is 0 Å². The third kappa shape index (κ3) is 6.13. The molecule has 2 N–H and O–H groups in total. The molecule has 3 rings (SSSR count). The molecule has 2 aromatic carbocycles. The van der Waals surface area contributed by atoms with Crippen LogP contribution >= 0.6 is 0 Å². The molecule has 0 unspecified atom stereocenters. The fourth-order valence-electron chi connectivity index (χ4n) is 4.26. The minimum atomic E-state index is -0.713. The van der Waals surface area contributed by atoms with Crippen LogP contribution in [0.1, 0.15) is 37.8 Å². The molecule has 158 valence electrons. The Kier molecular flexibility index (Phi) is 7.84. The van der Waals surface area contributed by atoms with Gasteiger partial charge in [-0.05, 0) is 50.7 Å². The molecule has 1 aliphatic rings. The first-order valence-corrected chi connectivity index (χ1v) is 10.7. The summed E-state index contributed by atoms with van der Waals surface area (Å²) in [6, 6.07) is 20.6. The molecule has 4 heteroatoms. The zero-order valence-electron chi connectivity index (χ0n) is 17.5. The highest BCUT2D eigenvalue weighted by Crippen LogP contribution is 2.38. The number of rotatable bonds is 10. The van der Waals surface area contributed by atoms with Gasteiger partial charge in [0.05, 0.1) is 12.2 Å². The molecule has 0 aromatic heterocycles. The van der Waals surface area contributed by atoms with Crippen molar-refractivity contribution in [1.82, 2.24) is 0 Å². The second-order valence-electron chi connectivity index (χ2n) is 8.50. The van der Waals surface area contributed by atoms with Gasteiger partial charge in [0.25, 0.3) is 0 Å². The Morgan fingerprint density at radius 2 is 1.10 bits per heavy atom. The summed E-state index contributed by atoms with van der Waals surface area (Å²) in [5, 5.41) is 20.2. The van der Waals surface area contributed by atoms with Crippen LogP contribution in [0, 0.1) is 11.8 Å². The first kappa shape index (κ1) is 22.0. The molecule has 0 spiro atoms. The molecule has 1 saturated heterocycles. The topological polar surface area (TPSA) is 58.9 Å². The minimum Gasteiger partial charge on any atom is -0.396 e. The Morgan fingerprint density at radius 3 is 1.45 bits per heavy atom. The van der Waals surface area contributed by atoms with Gasteiger partial charge in [0.2, 0.25) is 0 Å². The molecule has 4 atom stereocenters. The van der Waals surface area contributed by atoms with Crippen LogP contribution in [0.2, 0.25) is 0 Å². The lowest BCUT2D eigenvalue weighted by Gasteiger charge is -2.29. The van der Waals surface area contributed by atoms with E-state index >= 15 is 0 Å². The van der Waals surface area contributed by atoms with Gasteiger partial charge in [0.15, 0.2) is 5.79 Å². The van der Waals surface area contributed by atoms with Crippen LogP contribution in [-0.2, 0) is 22.3 Å². The third-order valence-electron chi connectivity index (χ3n) is 5.86. The number of aliphatic hydroxyl groups is 2. The number of aryl methyl sites for hydroxylation is 2. The Labute approximate surface area is 174 Å². The molecule has 1 fully saturated rings. The van der Waals surface area contributed by atoms with Crippen molar-refractivity contribution in [3.63, 3.8) is 0 Å². The smallest absolute Gasteiger partial charge is 0.163 e. The summed E-state index contributed by atoms with van der Waals surface area (Å²) >= 11 is 0. The number of hydrogen-bond acceptors (Lipinski definition) is 4. The van der Waals surface area contributed by atoms with Gasteiger partial charge < -0.3 is 19.7 Å².